The molecule has 0 radical (unpaired) electrons. The third kappa shape index (κ3) is 4.00. The van der Waals surface area contributed by atoms with E-state index in [4.69, 9.17) is 4.74 Å². The van der Waals surface area contributed by atoms with Crippen molar-refractivity contribution in [3.05, 3.63) is 64.1 Å². The number of rotatable bonds is 6. The highest BCUT2D eigenvalue weighted by molar-refractivity contribution is 9.10. The van der Waals surface area contributed by atoms with E-state index in [2.05, 4.69) is 37.0 Å². The molecule has 30 heavy (non-hydrogen) atoms. The van der Waals surface area contributed by atoms with Crippen molar-refractivity contribution in [2.45, 2.75) is 26.4 Å². The Bertz CT molecular complexity index is 993. The molecule has 2 N–H and O–H groups in total. The van der Waals surface area contributed by atoms with E-state index >= 15 is 0 Å². The number of benzene rings is 2. The Morgan fingerprint density at radius 2 is 1.43 bits per heavy atom. The first kappa shape index (κ1) is 20.3. The van der Waals surface area contributed by atoms with Gasteiger partial charge >= 0.3 is 0 Å². The van der Waals surface area contributed by atoms with Crippen LogP contribution in [0.4, 0.5) is 0 Å². The highest BCUT2D eigenvalue weighted by atomic mass is 79.9. The topological polar surface area (TPSA) is 92.1 Å². The summed E-state index contributed by atoms with van der Waals surface area (Å²) < 4.78 is 6.90. The third-order valence-electron chi connectivity index (χ3n) is 5.45. The number of ether oxygens (including phenoxy) is 1. The van der Waals surface area contributed by atoms with Gasteiger partial charge in [-0.25, -0.2) is 10.9 Å². The Morgan fingerprint density at radius 1 is 0.900 bits per heavy atom. The summed E-state index contributed by atoms with van der Waals surface area (Å²) in [6.45, 7) is 4.04. The molecule has 2 aliphatic rings. The van der Waals surface area contributed by atoms with E-state index in [1.165, 1.54) is 0 Å². The molecule has 0 aromatic heterocycles. The van der Waals surface area contributed by atoms with Gasteiger partial charge in [-0.2, -0.15) is 10.2 Å². The molecule has 0 fully saturated rings. The van der Waals surface area contributed by atoms with Crippen LogP contribution in [-0.2, 0) is 16.2 Å². The SMILES string of the molecule is CC1=NNC(=O)C1C(c1ccc(OCc2ccc(Br)cc2)cc1)C1C(=O)NN=C1C. The van der Waals surface area contributed by atoms with E-state index in [1.54, 1.807) is 13.8 Å². The number of halogens is 1. The minimum Gasteiger partial charge on any atom is -0.489 e. The highest BCUT2D eigenvalue weighted by Crippen LogP contribution is 2.38. The first-order valence-corrected chi connectivity index (χ1v) is 10.4. The average Bonchev–Trinajstić information content (AvgIpc) is 3.25. The monoisotopic (exact) mass is 468 g/mol. The van der Waals surface area contributed by atoms with Gasteiger partial charge in [0.1, 0.15) is 12.4 Å². The van der Waals surface area contributed by atoms with E-state index in [1.807, 2.05) is 48.5 Å². The molecule has 2 aliphatic heterocycles. The molecule has 2 aromatic rings. The summed E-state index contributed by atoms with van der Waals surface area (Å²) in [6, 6.07) is 15.5. The molecule has 2 aromatic carbocycles. The van der Waals surface area contributed by atoms with Gasteiger partial charge in [-0.05, 0) is 49.2 Å². The fourth-order valence-corrected chi connectivity index (χ4v) is 4.17. The van der Waals surface area contributed by atoms with Crippen molar-refractivity contribution in [3.8, 4) is 5.75 Å². The molecule has 0 saturated heterocycles. The zero-order chi connectivity index (χ0) is 21.3. The van der Waals surface area contributed by atoms with E-state index < -0.39 is 17.8 Å². The fraction of sp³-hybridized carbons (Fsp3) is 0.273. The summed E-state index contributed by atoms with van der Waals surface area (Å²) >= 11 is 3.42. The van der Waals surface area contributed by atoms with Crippen LogP contribution in [0, 0.1) is 11.8 Å². The summed E-state index contributed by atoms with van der Waals surface area (Å²) in [5, 5.41) is 8.14. The van der Waals surface area contributed by atoms with Crippen molar-refractivity contribution >= 4 is 39.2 Å². The maximum Gasteiger partial charge on any atom is 0.249 e. The van der Waals surface area contributed by atoms with Gasteiger partial charge in [0.25, 0.3) is 0 Å². The second-order valence-electron chi connectivity index (χ2n) is 7.42. The van der Waals surface area contributed by atoms with Crippen molar-refractivity contribution in [1.29, 1.82) is 0 Å². The molecular weight excluding hydrogens is 448 g/mol. The van der Waals surface area contributed by atoms with Crippen LogP contribution in [0.2, 0.25) is 0 Å². The Morgan fingerprint density at radius 3 is 1.90 bits per heavy atom. The van der Waals surface area contributed by atoms with Crippen LogP contribution < -0.4 is 15.6 Å². The second-order valence-corrected chi connectivity index (χ2v) is 8.34. The van der Waals surface area contributed by atoms with Crippen molar-refractivity contribution in [2.24, 2.45) is 22.0 Å². The van der Waals surface area contributed by atoms with Crippen molar-refractivity contribution in [1.82, 2.24) is 10.9 Å². The number of amides is 2. The molecule has 2 heterocycles. The largest absolute Gasteiger partial charge is 0.489 e. The van der Waals surface area contributed by atoms with Crippen LogP contribution in [0.15, 0.2) is 63.2 Å². The van der Waals surface area contributed by atoms with Crippen molar-refractivity contribution in [2.75, 3.05) is 0 Å². The van der Waals surface area contributed by atoms with E-state index in [0.29, 0.717) is 23.8 Å². The number of hydrazone groups is 2. The minimum atomic E-state index is -0.529. The van der Waals surface area contributed by atoms with Crippen molar-refractivity contribution < 1.29 is 14.3 Å². The molecule has 0 bridgehead atoms. The van der Waals surface area contributed by atoms with Gasteiger partial charge in [-0.15, -0.1) is 0 Å². The zero-order valence-electron chi connectivity index (χ0n) is 16.6. The molecule has 4 rings (SSSR count). The lowest BCUT2D eigenvalue weighted by molar-refractivity contribution is -0.124. The Kier molecular flexibility index (Phi) is 5.67. The maximum atomic E-state index is 12.5. The quantitative estimate of drug-likeness (QED) is 0.680. The Balaban J connectivity index is 1.57. The number of nitrogens with one attached hydrogen (secondary N) is 2. The lowest BCUT2D eigenvalue weighted by Gasteiger charge is -2.27. The lowest BCUT2D eigenvalue weighted by atomic mass is 9.73. The maximum absolute atomic E-state index is 12.5. The molecule has 8 heteroatoms. The molecule has 2 atom stereocenters. The number of carbonyl (C=O) groups is 2. The van der Waals surface area contributed by atoms with E-state index in [9.17, 15) is 9.59 Å². The van der Waals surface area contributed by atoms with Crippen LogP contribution >= 0.6 is 15.9 Å². The van der Waals surface area contributed by atoms with E-state index in [-0.39, 0.29) is 11.8 Å². The molecule has 0 saturated carbocycles. The van der Waals surface area contributed by atoms with Crippen molar-refractivity contribution in [3.63, 3.8) is 0 Å². The van der Waals surface area contributed by atoms with Gasteiger partial charge < -0.3 is 4.74 Å². The summed E-state index contributed by atoms with van der Waals surface area (Å²) in [5.41, 5.74) is 8.29. The number of carbonyl (C=O) groups excluding carboxylic acids is 2. The fourth-order valence-electron chi connectivity index (χ4n) is 3.90. The standard InChI is InChI=1S/C22H21BrN4O3/c1-12-18(21(28)26-24-12)20(19-13(2)25-27-22(19)29)15-5-9-17(10-6-15)30-11-14-3-7-16(23)8-4-14/h3-10,18-20H,11H2,1-2H3,(H,26,28)(H,27,29). The van der Waals surface area contributed by atoms with Crippen LogP contribution in [0.25, 0.3) is 0 Å². The summed E-state index contributed by atoms with van der Waals surface area (Å²) in [6.07, 6.45) is 0. The summed E-state index contributed by atoms with van der Waals surface area (Å²) in [4.78, 5) is 25.0. The number of hydrogen-bond donors (Lipinski definition) is 2. The molecule has 0 spiro atoms. The van der Waals surface area contributed by atoms with Crippen LogP contribution in [0.3, 0.4) is 0 Å². The van der Waals surface area contributed by atoms with Gasteiger partial charge in [-0.3, -0.25) is 9.59 Å². The highest BCUT2D eigenvalue weighted by Gasteiger charge is 2.45. The number of nitrogens with zero attached hydrogens (tertiary/aromatic N) is 2. The van der Waals surface area contributed by atoms with E-state index in [0.717, 1.165) is 15.6 Å². The van der Waals surface area contributed by atoms with Gasteiger partial charge in [-0.1, -0.05) is 40.2 Å². The third-order valence-corrected chi connectivity index (χ3v) is 5.98. The number of hydrogen-bond acceptors (Lipinski definition) is 5. The zero-order valence-corrected chi connectivity index (χ0v) is 18.1. The predicted octanol–water partition coefficient (Wildman–Crippen LogP) is 3.36. The first-order valence-electron chi connectivity index (χ1n) is 9.59. The molecule has 154 valence electrons. The first-order chi connectivity index (χ1) is 14.4. The summed E-state index contributed by atoms with van der Waals surface area (Å²) in [5.74, 6) is -1.16. The molecule has 2 unspecified atom stereocenters. The predicted molar refractivity (Wildman–Crippen MR) is 117 cm³/mol. The lowest BCUT2D eigenvalue weighted by Crippen LogP contribution is -2.38. The van der Waals surface area contributed by atoms with Crippen LogP contribution in [0.5, 0.6) is 5.75 Å². The second kappa shape index (κ2) is 8.39. The average molecular weight is 469 g/mol. The Labute approximate surface area is 182 Å². The molecule has 0 aliphatic carbocycles. The summed E-state index contributed by atoms with van der Waals surface area (Å²) in [7, 11) is 0. The molecule has 2 amide bonds. The minimum absolute atomic E-state index is 0.208. The normalized spacial score (nSPS) is 21.6. The van der Waals surface area contributed by atoms with Gasteiger partial charge in [0.15, 0.2) is 0 Å². The molecular formula is C22H21BrN4O3. The smallest absolute Gasteiger partial charge is 0.249 e. The Hall–Kier alpha value is -3.00. The van der Waals surface area contributed by atoms with Gasteiger partial charge in [0, 0.05) is 21.8 Å². The van der Waals surface area contributed by atoms with Crippen LogP contribution in [-0.4, -0.2) is 23.2 Å². The van der Waals surface area contributed by atoms with Gasteiger partial charge in [0.2, 0.25) is 11.8 Å². The van der Waals surface area contributed by atoms with Crippen LogP contribution in [0.1, 0.15) is 30.9 Å². The van der Waals surface area contributed by atoms with Gasteiger partial charge in [0.05, 0.1) is 11.8 Å². The molecule has 7 nitrogen and oxygen atoms in total.